The number of phenols is 1. The zero-order valence-electron chi connectivity index (χ0n) is 18.3. The summed E-state index contributed by atoms with van der Waals surface area (Å²) in [6.07, 6.45) is 3.92. The molecule has 0 bridgehead atoms. The van der Waals surface area contributed by atoms with E-state index in [4.69, 9.17) is 0 Å². The molecule has 4 rings (SSSR count). The molecule has 2 aromatic rings. The van der Waals surface area contributed by atoms with Crippen LogP contribution in [0.25, 0.3) is 0 Å². The van der Waals surface area contributed by atoms with Crippen molar-refractivity contribution < 1.29 is 14.7 Å². The Morgan fingerprint density at radius 1 is 1.03 bits per heavy atom. The summed E-state index contributed by atoms with van der Waals surface area (Å²) in [6.45, 7) is 1.87. The number of carbonyl (C=O) groups excluding carboxylic acids is 2. The Kier molecular flexibility index (Phi) is 6.28. The van der Waals surface area contributed by atoms with Crippen LogP contribution < -0.4 is 5.32 Å². The third kappa shape index (κ3) is 5.07. The number of aromatic hydroxyl groups is 1. The van der Waals surface area contributed by atoms with Gasteiger partial charge in [0, 0.05) is 39.4 Å². The molecule has 164 valence electrons. The van der Waals surface area contributed by atoms with Crippen molar-refractivity contribution in [3.63, 3.8) is 0 Å². The van der Waals surface area contributed by atoms with Crippen molar-refractivity contribution in [3.8, 4) is 5.75 Å². The second kappa shape index (κ2) is 9.10. The third-order valence-corrected chi connectivity index (χ3v) is 6.40. The number of rotatable bonds is 5. The largest absolute Gasteiger partial charge is 0.508 e. The molecule has 0 saturated carbocycles. The van der Waals surface area contributed by atoms with E-state index in [-0.39, 0.29) is 29.4 Å². The molecular weight excluding hydrogens is 390 g/mol. The Balaban J connectivity index is 1.48. The number of phenolic OH excluding ortho intramolecular Hbond substituents is 1. The molecule has 31 heavy (non-hydrogen) atoms. The first-order valence-corrected chi connectivity index (χ1v) is 11.0. The number of amides is 2. The third-order valence-electron chi connectivity index (χ3n) is 6.40. The number of carbonyl (C=O) groups is 2. The molecule has 2 aliphatic rings. The summed E-state index contributed by atoms with van der Waals surface area (Å²) >= 11 is 0. The van der Waals surface area contributed by atoms with E-state index in [2.05, 4.69) is 22.3 Å². The van der Waals surface area contributed by atoms with Crippen molar-refractivity contribution in [2.45, 2.75) is 32.2 Å². The SMILES string of the molecule is CN(C)C(=O)[C@H]1C[C@@H](C(=O)Nc2ccc3c(c2)CCC3)CN(Cc2ccc(O)cc2)C1. The van der Waals surface area contributed by atoms with E-state index in [0.717, 1.165) is 24.1 Å². The predicted molar refractivity (Wildman–Crippen MR) is 121 cm³/mol. The average molecular weight is 422 g/mol. The summed E-state index contributed by atoms with van der Waals surface area (Å²) in [5.74, 6) is -0.199. The van der Waals surface area contributed by atoms with E-state index in [1.807, 2.05) is 18.2 Å². The lowest BCUT2D eigenvalue weighted by atomic mass is 9.87. The molecule has 1 fully saturated rings. The Morgan fingerprint density at radius 2 is 1.74 bits per heavy atom. The number of nitrogens with one attached hydrogen (secondary N) is 1. The van der Waals surface area contributed by atoms with Gasteiger partial charge in [-0.3, -0.25) is 14.5 Å². The second-order valence-corrected chi connectivity index (χ2v) is 9.05. The maximum absolute atomic E-state index is 13.2. The van der Waals surface area contributed by atoms with Crippen LogP contribution in [0.1, 0.15) is 29.5 Å². The van der Waals surface area contributed by atoms with E-state index in [0.29, 0.717) is 26.1 Å². The molecule has 2 amide bonds. The maximum Gasteiger partial charge on any atom is 0.228 e. The van der Waals surface area contributed by atoms with Crippen LogP contribution in [0.4, 0.5) is 5.69 Å². The van der Waals surface area contributed by atoms with Crippen molar-refractivity contribution in [2.24, 2.45) is 11.8 Å². The number of aryl methyl sites for hydroxylation is 2. The first-order valence-electron chi connectivity index (χ1n) is 11.0. The molecule has 1 aliphatic carbocycles. The number of fused-ring (bicyclic) bond motifs is 1. The Bertz CT molecular complexity index is 955. The lowest BCUT2D eigenvalue weighted by Crippen LogP contribution is -2.48. The van der Waals surface area contributed by atoms with Crippen molar-refractivity contribution in [1.29, 1.82) is 0 Å². The van der Waals surface area contributed by atoms with Crippen LogP contribution in [-0.4, -0.2) is 53.9 Å². The first-order chi connectivity index (χ1) is 14.9. The molecular formula is C25H31N3O3. The van der Waals surface area contributed by atoms with Gasteiger partial charge in [-0.1, -0.05) is 18.2 Å². The van der Waals surface area contributed by atoms with E-state index >= 15 is 0 Å². The van der Waals surface area contributed by atoms with Gasteiger partial charge in [0.05, 0.1) is 11.8 Å². The fourth-order valence-electron chi connectivity index (χ4n) is 4.81. The maximum atomic E-state index is 13.2. The van der Waals surface area contributed by atoms with Gasteiger partial charge in [0.25, 0.3) is 0 Å². The van der Waals surface area contributed by atoms with Crippen LogP contribution in [0.2, 0.25) is 0 Å². The van der Waals surface area contributed by atoms with Crippen LogP contribution in [0.3, 0.4) is 0 Å². The molecule has 1 heterocycles. The molecule has 0 spiro atoms. The Hall–Kier alpha value is -2.86. The number of anilines is 1. The molecule has 2 N–H and O–H groups in total. The van der Waals surface area contributed by atoms with Crippen molar-refractivity contribution in [3.05, 3.63) is 59.2 Å². The fourth-order valence-corrected chi connectivity index (χ4v) is 4.81. The van der Waals surface area contributed by atoms with Crippen molar-refractivity contribution in [2.75, 3.05) is 32.5 Å². The van der Waals surface area contributed by atoms with Crippen LogP contribution in [-0.2, 0) is 29.0 Å². The van der Waals surface area contributed by atoms with Gasteiger partial charge in [0.1, 0.15) is 5.75 Å². The summed E-state index contributed by atoms with van der Waals surface area (Å²) in [7, 11) is 3.53. The van der Waals surface area contributed by atoms with Gasteiger partial charge < -0.3 is 15.3 Å². The zero-order valence-corrected chi connectivity index (χ0v) is 18.3. The van der Waals surface area contributed by atoms with Crippen LogP contribution in [0, 0.1) is 11.8 Å². The fraction of sp³-hybridized carbons (Fsp3) is 0.440. The highest BCUT2D eigenvalue weighted by Crippen LogP contribution is 2.28. The zero-order chi connectivity index (χ0) is 22.0. The monoisotopic (exact) mass is 421 g/mol. The number of nitrogens with zero attached hydrogens (tertiary/aromatic N) is 2. The van der Waals surface area contributed by atoms with Crippen LogP contribution in [0.15, 0.2) is 42.5 Å². The predicted octanol–water partition coefficient (Wildman–Crippen LogP) is 3.05. The summed E-state index contributed by atoms with van der Waals surface area (Å²) in [6, 6.07) is 13.3. The molecule has 0 aromatic heterocycles. The van der Waals surface area contributed by atoms with Gasteiger partial charge in [0.15, 0.2) is 0 Å². The summed E-state index contributed by atoms with van der Waals surface area (Å²) < 4.78 is 0. The number of piperidine rings is 1. The minimum atomic E-state index is -0.256. The van der Waals surface area contributed by atoms with Gasteiger partial charge in [-0.2, -0.15) is 0 Å². The highest BCUT2D eigenvalue weighted by Gasteiger charge is 2.35. The molecule has 6 nitrogen and oxygen atoms in total. The van der Waals surface area contributed by atoms with E-state index in [1.165, 1.54) is 17.5 Å². The van der Waals surface area contributed by atoms with E-state index < -0.39 is 0 Å². The highest BCUT2D eigenvalue weighted by molar-refractivity contribution is 5.93. The lowest BCUT2D eigenvalue weighted by molar-refractivity contribution is -0.137. The highest BCUT2D eigenvalue weighted by atomic mass is 16.3. The number of hydrogen-bond donors (Lipinski definition) is 2. The normalized spacial score (nSPS) is 20.8. The molecule has 2 aromatic carbocycles. The van der Waals surface area contributed by atoms with Crippen molar-refractivity contribution >= 4 is 17.5 Å². The lowest BCUT2D eigenvalue weighted by Gasteiger charge is -2.37. The van der Waals surface area contributed by atoms with Crippen LogP contribution >= 0.6 is 0 Å². The van der Waals surface area contributed by atoms with Gasteiger partial charge in [0.2, 0.25) is 11.8 Å². The van der Waals surface area contributed by atoms with Gasteiger partial charge >= 0.3 is 0 Å². The minimum absolute atomic E-state index is 0.0232. The first kappa shape index (κ1) is 21.4. The summed E-state index contributed by atoms with van der Waals surface area (Å²) in [4.78, 5) is 29.7. The Morgan fingerprint density at radius 3 is 2.48 bits per heavy atom. The van der Waals surface area contributed by atoms with Crippen molar-refractivity contribution in [1.82, 2.24) is 9.80 Å². The minimum Gasteiger partial charge on any atom is -0.508 e. The van der Waals surface area contributed by atoms with Gasteiger partial charge in [-0.25, -0.2) is 0 Å². The Labute approximate surface area is 183 Å². The number of hydrogen-bond acceptors (Lipinski definition) is 4. The summed E-state index contributed by atoms with van der Waals surface area (Å²) in [5, 5.41) is 12.6. The standard InChI is InChI=1S/C25H31N3O3/c1-27(2)25(31)21-12-20(15-28(16-21)14-17-6-10-23(29)11-7-17)24(30)26-22-9-8-18-4-3-5-19(18)13-22/h6-11,13,20-21,29H,3-5,12,14-16H2,1-2H3,(H,26,30)/t20-,21+/m1/s1. The van der Waals surface area contributed by atoms with E-state index in [9.17, 15) is 14.7 Å². The molecule has 0 radical (unpaired) electrons. The topological polar surface area (TPSA) is 72.9 Å². The molecule has 2 atom stereocenters. The smallest absolute Gasteiger partial charge is 0.228 e. The second-order valence-electron chi connectivity index (χ2n) is 9.05. The van der Waals surface area contributed by atoms with Crippen LogP contribution in [0.5, 0.6) is 5.75 Å². The molecule has 1 aliphatic heterocycles. The van der Waals surface area contributed by atoms with Gasteiger partial charge in [-0.15, -0.1) is 0 Å². The number of benzene rings is 2. The van der Waals surface area contributed by atoms with E-state index in [1.54, 1.807) is 31.1 Å². The van der Waals surface area contributed by atoms with Gasteiger partial charge in [-0.05, 0) is 66.6 Å². The quantitative estimate of drug-likeness (QED) is 0.778. The summed E-state index contributed by atoms with van der Waals surface area (Å²) in [5.41, 5.74) is 4.61. The number of likely N-dealkylation sites (tertiary alicyclic amines) is 1. The molecule has 1 saturated heterocycles. The molecule has 6 heteroatoms. The average Bonchev–Trinajstić information content (AvgIpc) is 3.22. The molecule has 0 unspecified atom stereocenters.